The first-order valence-electron chi connectivity index (χ1n) is 5.31. The van der Waals surface area contributed by atoms with Gasteiger partial charge in [-0.05, 0) is 12.1 Å². The normalized spacial score (nSPS) is 24.0. The molecule has 84 valence electrons. The summed E-state index contributed by atoms with van der Waals surface area (Å²) in [6.45, 7) is 0.667. The number of ether oxygens (including phenoxy) is 1. The van der Waals surface area contributed by atoms with Crippen molar-refractivity contribution >= 4 is 0 Å². The van der Waals surface area contributed by atoms with Gasteiger partial charge in [-0.25, -0.2) is 4.39 Å². The smallest absolute Gasteiger partial charge is 0.165 e. The van der Waals surface area contributed by atoms with E-state index in [0.29, 0.717) is 13.0 Å². The number of rotatable bonds is 3. The van der Waals surface area contributed by atoms with Crippen molar-refractivity contribution in [1.82, 2.24) is 5.32 Å². The second-order valence-electron chi connectivity index (χ2n) is 3.87. The number of hydrogen-bond acceptors (Lipinski definition) is 3. The van der Waals surface area contributed by atoms with E-state index in [4.69, 9.17) is 10.00 Å². The summed E-state index contributed by atoms with van der Waals surface area (Å²) in [5.74, 6) is -0.0573. The molecular weight excluding hydrogens is 207 g/mol. The molecule has 1 aromatic carbocycles. The third kappa shape index (κ3) is 2.50. The van der Waals surface area contributed by atoms with Crippen LogP contribution in [0.15, 0.2) is 24.3 Å². The van der Waals surface area contributed by atoms with E-state index in [1.165, 1.54) is 6.07 Å². The van der Waals surface area contributed by atoms with Crippen LogP contribution >= 0.6 is 0 Å². The van der Waals surface area contributed by atoms with Crippen molar-refractivity contribution < 1.29 is 9.13 Å². The predicted molar refractivity (Wildman–Crippen MR) is 57.5 cm³/mol. The molecule has 4 heteroatoms. The highest BCUT2D eigenvalue weighted by atomic mass is 19.1. The number of nitrogens with one attached hydrogen (secondary N) is 1. The predicted octanol–water partition coefficient (Wildman–Crippen LogP) is 1.85. The Morgan fingerprint density at radius 1 is 1.50 bits per heavy atom. The van der Waals surface area contributed by atoms with Crippen LogP contribution in [0.25, 0.3) is 0 Å². The van der Waals surface area contributed by atoms with Gasteiger partial charge in [-0.15, -0.1) is 0 Å². The summed E-state index contributed by atoms with van der Waals surface area (Å²) in [5, 5.41) is 11.7. The molecule has 1 saturated heterocycles. The molecular formula is C12H13FN2O. The van der Waals surface area contributed by atoms with Crippen LogP contribution in [0.2, 0.25) is 0 Å². The number of nitrogens with zero attached hydrogens (tertiary/aromatic N) is 1. The van der Waals surface area contributed by atoms with E-state index in [0.717, 1.165) is 6.42 Å². The van der Waals surface area contributed by atoms with Gasteiger partial charge in [0.15, 0.2) is 11.6 Å². The van der Waals surface area contributed by atoms with Gasteiger partial charge in [0, 0.05) is 19.0 Å². The lowest BCUT2D eigenvalue weighted by Crippen LogP contribution is -2.22. The van der Waals surface area contributed by atoms with Gasteiger partial charge in [-0.3, -0.25) is 0 Å². The molecule has 0 amide bonds. The lowest BCUT2D eigenvalue weighted by molar-refractivity contribution is 0.210. The van der Waals surface area contributed by atoms with Crippen molar-refractivity contribution in [2.45, 2.75) is 25.0 Å². The van der Waals surface area contributed by atoms with Crippen LogP contribution in [0, 0.1) is 17.1 Å². The maximum atomic E-state index is 13.3. The zero-order valence-electron chi connectivity index (χ0n) is 8.82. The third-order valence-corrected chi connectivity index (χ3v) is 2.65. The first-order valence-corrected chi connectivity index (χ1v) is 5.31. The molecule has 2 atom stereocenters. The quantitative estimate of drug-likeness (QED) is 0.845. The lowest BCUT2D eigenvalue weighted by Gasteiger charge is -2.12. The second kappa shape index (κ2) is 4.95. The molecule has 1 aromatic rings. The Morgan fingerprint density at radius 2 is 2.31 bits per heavy atom. The summed E-state index contributed by atoms with van der Waals surface area (Å²) in [4.78, 5) is 0. The van der Waals surface area contributed by atoms with Crippen molar-refractivity contribution in [3.63, 3.8) is 0 Å². The molecule has 0 saturated carbocycles. The maximum absolute atomic E-state index is 13.3. The van der Waals surface area contributed by atoms with Gasteiger partial charge in [0.05, 0.1) is 12.5 Å². The van der Waals surface area contributed by atoms with Crippen molar-refractivity contribution in [3.05, 3.63) is 30.1 Å². The van der Waals surface area contributed by atoms with E-state index in [1.54, 1.807) is 18.2 Å². The molecule has 0 radical (unpaired) electrons. The van der Waals surface area contributed by atoms with Gasteiger partial charge >= 0.3 is 0 Å². The molecule has 2 rings (SSSR count). The van der Waals surface area contributed by atoms with Gasteiger partial charge in [0.25, 0.3) is 0 Å². The van der Waals surface area contributed by atoms with E-state index in [-0.39, 0.29) is 23.7 Å². The first-order chi connectivity index (χ1) is 7.79. The van der Waals surface area contributed by atoms with Gasteiger partial charge in [-0.2, -0.15) is 5.26 Å². The van der Waals surface area contributed by atoms with Crippen LogP contribution in [-0.2, 0) is 0 Å². The van der Waals surface area contributed by atoms with Crippen molar-refractivity contribution in [2.24, 2.45) is 0 Å². The molecule has 0 spiro atoms. The van der Waals surface area contributed by atoms with Crippen molar-refractivity contribution in [1.29, 1.82) is 5.26 Å². The van der Waals surface area contributed by atoms with Crippen molar-refractivity contribution in [3.8, 4) is 11.8 Å². The monoisotopic (exact) mass is 220 g/mol. The molecule has 1 aliphatic rings. The third-order valence-electron chi connectivity index (χ3n) is 2.65. The molecule has 0 bridgehead atoms. The zero-order chi connectivity index (χ0) is 11.4. The Kier molecular flexibility index (Phi) is 3.37. The number of benzene rings is 1. The fourth-order valence-electron chi connectivity index (χ4n) is 1.86. The van der Waals surface area contributed by atoms with Gasteiger partial charge < -0.3 is 10.1 Å². The minimum atomic E-state index is -0.341. The van der Waals surface area contributed by atoms with E-state index >= 15 is 0 Å². The summed E-state index contributed by atoms with van der Waals surface area (Å²) in [6, 6.07) is 8.66. The largest absolute Gasteiger partial charge is 0.486 e. The summed E-state index contributed by atoms with van der Waals surface area (Å²) >= 11 is 0. The molecule has 1 aliphatic heterocycles. The number of para-hydroxylation sites is 1. The Labute approximate surface area is 93.8 Å². The highest BCUT2D eigenvalue weighted by Gasteiger charge is 2.25. The Bertz CT molecular complexity index is 402. The van der Waals surface area contributed by atoms with Crippen LogP contribution in [0.4, 0.5) is 4.39 Å². The minimum absolute atomic E-state index is 0.0461. The minimum Gasteiger partial charge on any atom is -0.486 e. The number of nitriles is 1. The summed E-state index contributed by atoms with van der Waals surface area (Å²) < 4.78 is 18.8. The van der Waals surface area contributed by atoms with Crippen molar-refractivity contribution in [2.75, 3.05) is 6.54 Å². The van der Waals surface area contributed by atoms with Gasteiger partial charge in [0.1, 0.15) is 6.10 Å². The van der Waals surface area contributed by atoms with Crippen LogP contribution in [0.5, 0.6) is 5.75 Å². The standard InChI is InChI=1S/C12H13FN2O/c13-11-3-1-2-4-12(11)16-10-7-9(5-6-14)15-8-10/h1-4,9-10,15H,5,7-8H2. The number of halogens is 1. The Morgan fingerprint density at radius 3 is 3.06 bits per heavy atom. The highest BCUT2D eigenvalue weighted by Crippen LogP contribution is 2.21. The van der Waals surface area contributed by atoms with E-state index in [2.05, 4.69) is 11.4 Å². The fraction of sp³-hybridized carbons (Fsp3) is 0.417. The van der Waals surface area contributed by atoms with Gasteiger partial charge in [-0.1, -0.05) is 12.1 Å². The van der Waals surface area contributed by atoms with E-state index in [9.17, 15) is 4.39 Å². The second-order valence-corrected chi connectivity index (χ2v) is 3.87. The molecule has 0 aliphatic carbocycles. The fourth-order valence-corrected chi connectivity index (χ4v) is 1.86. The summed E-state index contributed by atoms with van der Waals surface area (Å²) in [6.07, 6.45) is 1.18. The molecule has 1 fully saturated rings. The average molecular weight is 220 g/mol. The summed E-state index contributed by atoms with van der Waals surface area (Å²) in [7, 11) is 0. The van der Waals surface area contributed by atoms with E-state index in [1.807, 2.05) is 0 Å². The topological polar surface area (TPSA) is 45.0 Å². The van der Waals surface area contributed by atoms with Crippen LogP contribution in [0.3, 0.4) is 0 Å². The van der Waals surface area contributed by atoms with Crippen LogP contribution < -0.4 is 10.1 Å². The van der Waals surface area contributed by atoms with E-state index < -0.39 is 0 Å². The zero-order valence-corrected chi connectivity index (χ0v) is 8.82. The molecule has 3 nitrogen and oxygen atoms in total. The molecule has 16 heavy (non-hydrogen) atoms. The molecule has 1 heterocycles. The summed E-state index contributed by atoms with van der Waals surface area (Å²) in [5.41, 5.74) is 0. The maximum Gasteiger partial charge on any atom is 0.165 e. The molecule has 2 unspecified atom stereocenters. The molecule has 1 N–H and O–H groups in total. The molecule has 0 aromatic heterocycles. The van der Waals surface area contributed by atoms with Gasteiger partial charge in [0.2, 0.25) is 0 Å². The SMILES string of the molecule is N#CCC1CC(Oc2ccccc2F)CN1. The van der Waals surface area contributed by atoms with Crippen LogP contribution in [0.1, 0.15) is 12.8 Å². The lowest BCUT2D eigenvalue weighted by atomic mass is 10.1. The Balaban J connectivity index is 1.93. The average Bonchev–Trinajstić information content (AvgIpc) is 2.70. The first kappa shape index (κ1) is 10.9. The number of hydrogen-bond donors (Lipinski definition) is 1. The highest BCUT2D eigenvalue weighted by molar-refractivity contribution is 5.24. The Hall–Kier alpha value is -1.60. The van der Waals surface area contributed by atoms with Crippen LogP contribution in [-0.4, -0.2) is 18.7 Å².